The maximum absolute atomic E-state index is 12.1. The van der Waals surface area contributed by atoms with Crippen LogP contribution in [0.3, 0.4) is 0 Å². The van der Waals surface area contributed by atoms with E-state index >= 15 is 0 Å². The SMILES string of the molecule is O=C(Nc1ccc(N2CCOCC2)cc1)c1csc(I)c1. The first kappa shape index (κ1) is 14.8. The maximum Gasteiger partial charge on any atom is 0.256 e. The molecule has 1 amide bonds. The predicted molar refractivity (Wildman–Crippen MR) is 94.5 cm³/mol. The number of rotatable bonds is 3. The lowest BCUT2D eigenvalue weighted by Gasteiger charge is -2.28. The van der Waals surface area contributed by atoms with Gasteiger partial charge in [0.15, 0.2) is 0 Å². The molecule has 0 radical (unpaired) electrons. The van der Waals surface area contributed by atoms with Crippen LogP contribution in [0, 0.1) is 2.88 Å². The molecule has 1 saturated heterocycles. The van der Waals surface area contributed by atoms with E-state index < -0.39 is 0 Å². The molecule has 1 N–H and O–H groups in total. The third-order valence-corrected chi connectivity index (χ3v) is 5.12. The van der Waals surface area contributed by atoms with Crippen molar-refractivity contribution in [2.24, 2.45) is 0 Å². The summed E-state index contributed by atoms with van der Waals surface area (Å²) >= 11 is 3.79. The summed E-state index contributed by atoms with van der Waals surface area (Å²) in [6.45, 7) is 3.38. The quantitative estimate of drug-likeness (QED) is 0.783. The van der Waals surface area contributed by atoms with Crippen molar-refractivity contribution in [1.82, 2.24) is 0 Å². The third kappa shape index (κ3) is 3.75. The van der Waals surface area contributed by atoms with Gasteiger partial charge in [0.05, 0.1) is 21.7 Å². The Morgan fingerprint density at radius 2 is 1.95 bits per heavy atom. The van der Waals surface area contributed by atoms with Gasteiger partial charge in [0.25, 0.3) is 5.91 Å². The van der Waals surface area contributed by atoms with Crippen molar-refractivity contribution in [3.05, 3.63) is 44.2 Å². The lowest BCUT2D eigenvalue weighted by Crippen LogP contribution is -2.36. The van der Waals surface area contributed by atoms with Gasteiger partial charge in [-0.1, -0.05) is 0 Å². The van der Waals surface area contributed by atoms with E-state index in [1.807, 2.05) is 35.7 Å². The average molecular weight is 414 g/mol. The molecule has 6 heteroatoms. The van der Waals surface area contributed by atoms with Crippen LogP contribution in [0.1, 0.15) is 10.4 Å². The first-order valence-electron chi connectivity index (χ1n) is 6.70. The largest absolute Gasteiger partial charge is 0.378 e. The zero-order valence-corrected chi connectivity index (χ0v) is 14.3. The molecular formula is C15H15IN2O2S. The van der Waals surface area contributed by atoms with Gasteiger partial charge in [-0.15, -0.1) is 11.3 Å². The van der Waals surface area contributed by atoms with Crippen LogP contribution < -0.4 is 10.2 Å². The van der Waals surface area contributed by atoms with Crippen LogP contribution in [0.25, 0.3) is 0 Å². The lowest BCUT2D eigenvalue weighted by atomic mass is 10.2. The van der Waals surface area contributed by atoms with Crippen molar-refractivity contribution < 1.29 is 9.53 Å². The van der Waals surface area contributed by atoms with E-state index in [1.54, 1.807) is 11.3 Å². The number of ether oxygens (including phenoxy) is 1. The van der Waals surface area contributed by atoms with Crippen LogP contribution in [0.2, 0.25) is 0 Å². The van der Waals surface area contributed by atoms with E-state index in [4.69, 9.17) is 4.74 Å². The van der Waals surface area contributed by atoms with Crippen molar-refractivity contribution in [1.29, 1.82) is 0 Å². The summed E-state index contributed by atoms with van der Waals surface area (Å²) < 4.78 is 6.46. The summed E-state index contributed by atoms with van der Waals surface area (Å²) in [4.78, 5) is 14.4. The fourth-order valence-corrected chi connectivity index (χ4v) is 3.54. The van der Waals surface area contributed by atoms with Gasteiger partial charge in [-0.2, -0.15) is 0 Å². The van der Waals surface area contributed by atoms with Gasteiger partial charge >= 0.3 is 0 Å². The first-order chi connectivity index (χ1) is 10.2. The molecule has 110 valence electrons. The standard InChI is InChI=1S/C15H15IN2O2S/c16-14-9-11(10-21-14)15(19)17-12-1-3-13(4-2-12)18-5-7-20-8-6-18/h1-4,9-10H,5-8H2,(H,17,19). The maximum atomic E-state index is 12.1. The van der Waals surface area contributed by atoms with Crippen molar-refractivity contribution in [3.63, 3.8) is 0 Å². The highest BCUT2D eigenvalue weighted by atomic mass is 127. The molecule has 0 saturated carbocycles. The molecule has 0 unspecified atom stereocenters. The van der Waals surface area contributed by atoms with Gasteiger partial charge in [0.2, 0.25) is 0 Å². The molecule has 0 spiro atoms. The molecule has 1 aromatic carbocycles. The Morgan fingerprint density at radius 1 is 1.24 bits per heavy atom. The number of nitrogens with zero attached hydrogens (tertiary/aromatic N) is 1. The number of hydrogen-bond donors (Lipinski definition) is 1. The van der Waals surface area contributed by atoms with Crippen LogP contribution in [0.15, 0.2) is 35.7 Å². The molecular weight excluding hydrogens is 399 g/mol. The van der Waals surface area contributed by atoms with E-state index in [-0.39, 0.29) is 5.91 Å². The van der Waals surface area contributed by atoms with E-state index in [9.17, 15) is 4.79 Å². The van der Waals surface area contributed by atoms with Crippen molar-refractivity contribution in [2.45, 2.75) is 0 Å². The number of hydrogen-bond acceptors (Lipinski definition) is 4. The van der Waals surface area contributed by atoms with Gasteiger partial charge in [0.1, 0.15) is 0 Å². The number of carbonyl (C=O) groups is 1. The minimum Gasteiger partial charge on any atom is -0.378 e. The molecule has 1 fully saturated rings. The predicted octanol–water partition coefficient (Wildman–Crippen LogP) is 3.44. The van der Waals surface area contributed by atoms with Gasteiger partial charge in [-0.25, -0.2) is 0 Å². The Bertz CT molecular complexity index is 621. The number of benzene rings is 1. The van der Waals surface area contributed by atoms with Crippen molar-refractivity contribution in [3.8, 4) is 0 Å². The summed E-state index contributed by atoms with van der Waals surface area (Å²) in [5.74, 6) is -0.0618. The topological polar surface area (TPSA) is 41.6 Å². The smallest absolute Gasteiger partial charge is 0.256 e. The van der Waals surface area contributed by atoms with Gasteiger partial charge < -0.3 is 15.0 Å². The molecule has 2 heterocycles. The van der Waals surface area contributed by atoms with Crippen molar-refractivity contribution in [2.75, 3.05) is 36.5 Å². The number of nitrogens with one attached hydrogen (secondary N) is 1. The van der Waals surface area contributed by atoms with Crippen LogP contribution >= 0.6 is 33.9 Å². The normalized spacial score (nSPS) is 15.0. The van der Waals surface area contributed by atoms with Gasteiger partial charge in [-0.3, -0.25) is 4.79 Å². The monoisotopic (exact) mass is 414 g/mol. The highest BCUT2D eigenvalue weighted by Gasteiger charge is 2.12. The Hall–Kier alpha value is -1.12. The average Bonchev–Trinajstić information content (AvgIpc) is 2.96. The molecule has 21 heavy (non-hydrogen) atoms. The van der Waals surface area contributed by atoms with Crippen molar-refractivity contribution >= 4 is 51.2 Å². The first-order valence-corrected chi connectivity index (χ1v) is 8.66. The van der Waals surface area contributed by atoms with Crippen LogP contribution in [-0.4, -0.2) is 32.2 Å². The Labute approximate surface area is 141 Å². The number of carbonyl (C=O) groups excluding carboxylic acids is 1. The molecule has 3 rings (SSSR count). The Kier molecular flexibility index (Phi) is 4.77. The van der Waals surface area contributed by atoms with E-state index in [2.05, 4.69) is 32.8 Å². The van der Waals surface area contributed by atoms with Gasteiger partial charge in [-0.05, 0) is 52.9 Å². The summed E-state index contributed by atoms with van der Waals surface area (Å²) in [5, 5.41) is 4.80. The summed E-state index contributed by atoms with van der Waals surface area (Å²) in [6.07, 6.45) is 0. The molecule has 4 nitrogen and oxygen atoms in total. The minimum absolute atomic E-state index is 0.0618. The zero-order valence-electron chi connectivity index (χ0n) is 11.3. The van der Waals surface area contributed by atoms with Crippen LogP contribution in [0.4, 0.5) is 11.4 Å². The van der Waals surface area contributed by atoms with Crippen LogP contribution in [0.5, 0.6) is 0 Å². The second kappa shape index (κ2) is 6.76. The molecule has 2 aromatic rings. The number of halogens is 1. The Balaban J connectivity index is 1.65. The lowest BCUT2D eigenvalue weighted by molar-refractivity contribution is 0.102. The molecule has 1 aliphatic rings. The molecule has 1 aromatic heterocycles. The number of thiophene rings is 1. The molecule has 0 atom stereocenters. The number of anilines is 2. The minimum atomic E-state index is -0.0618. The third-order valence-electron chi connectivity index (χ3n) is 3.33. The number of morpholine rings is 1. The highest BCUT2D eigenvalue weighted by molar-refractivity contribution is 14.1. The molecule has 0 aliphatic carbocycles. The molecule has 0 bridgehead atoms. The van der Waals surface area contributed by atoms with Crippen LogP contribution in [-0.2, 0) is 4.74 Å². The highest BCUT2D eigenvalue weighted by Crippen LogP contribution is 2.21. The second-order valence-corrected chi connectivity index (χ2v) is 7.55. The van der Waals surface area contributed by atoms with E-state index in [0.717, 1.165) is 34.9 Å². The second-order valence-electron chi connectivity index (χ2n) is 4.74. The fraction of sp³-hybridized carbons (Fsp3) is 0.267. The summed E-state index contributed by atoms with van der Waals surface area (Å²) in [6, 6.07) is 9.86. The summed E-state index contributed by atoms with van der Waals surface area (Å²) in [7, 11) is 0. The Morgan fingerprint density at radius 3 is 2.57 bits per heavy atom. The zero-order chi connectivity index (χ0) is 14.7. The molecule has 1 aliphatic heterocycles. The summed E-state index contributed by atoms with van der Waals surface area (Å²) in [5.41, 5.74) is 2.70. The van der Waals surface area contributed by atoms with E-state index in [0.29, 0.717) is 5.56 Å². The number of amides is 1. The van der Waals surface area contributed by atoms with Gasteiger partial charge in [0, 0.05) is 29.8 Å². The van der Waals surface area contributed by atoms with E-state index in [1.165, 1.54) is 5.69 Å². The fourth-order valence-electron chi connectivity index (χ4n) is 2.21.